The van der Waals surface area contributed by atoms with Crippen LogP contribution in [0.5, 0.6) is 0 Å². The van der Waals surface area contributed by atoms with Crippen LogP contribution < -0.4 is 0 Å². The fraction of sp³-hybridized carbons (Fsp3) is 0.393. The van der Waals surface area contributed by atoms with Crippen molar-refractivity contribution < 1.29 is 23.1 Å². The number of rotatable bonds is 5. The summed E-state index contributed by atoms with van der Waals surface area (Å²) in [4.78, 5) is 13.0. The van der Waals surface area contributed by atoms with Gasteiger partial charge in [0.25, 0.3) is 0 Å². The minimum absolute atomic E-state index is 0.0123. The number of fused-ring (bicyclic) bond motifs is 2. The Kier molecular flexibility index (Phi) is 5.67. The summed E-state index contributed by atoms with van der Waals surface area (Å²) in [6.07, 6.45) is 4.38. The van der Waals surface area contributed by atoms with Crippen LogP contribution >= 0.6 is 0 Å². The second-order valence-electron chi connectivity index (χ2n) is 10.2. The predicted octanol–water partition coefficient (Wildman–Crippen LogP) is 6.35. The molecular formula is C28H28F3NO2. The normalized spacial score (nSPS) is 28.7. The van der Waals surface area contributed by atoms with Gasteiger partial charge < -0.3 is 5.11 Å². The molecule has 2 aromatic rings. The van der Waals surface area contributed by atoms with Crippen molar-refractivity contribution >= 4 is 17.6 Å². The number of nitrogens with zero attached hydrogens (tertiary/aromatic N) is 1. The van der Waals surface area contributed by atoms with E-state index in [1.807, 2.05) is 12.1 Å². The van der Waals surface area contributed by atoms with Gasteiger partial charge in [0.05, 0.1) is 6.04 Å². The van der Waals surface area contributed by atoms with Gasteiger partial charge in [-0.25, -0.2) is 18.0 Å². The van der Waals surface area contributed by atoms with E-state index >= 15 is 8.78 Å². The van der Waals surface area contributed by atoms with Crippen molar-refractivity contribution in [1.29, 1.82) is 0 Å². The average molecular weight is 468 g/mol. The zero-order valence-electron chi connectivity index (χ0n) is 19.3. The van der Waals surface area contributed by atoms with Gasteiger partial charge in [0.2, 0.25) is 0 Å². The Balaban J connectivity index is 1.58. The third-order valence-corrected chi connectivity index (χ3v) is 7.53. The molecule has 1 fully saturated rings. The zero-order chi connectivity index (χ0) is 24.2. The van der Waals surface area contributed by atoms with Gasteiger partial charge in [0.15, 0.2) is 0 Å². The van der Waals surface area contributed by atoms with E-state index < -0.39 is 29.3 Å². The fourth-order valence-corrected chi connectivity index (χ4v) is 6.15. The summed E-state index contributed by atoms with van der Waals surface area (Å²) in [7, 11) is 0. The Morgan fingerprint density at radius 2 is 1.88 bits per heavy atom. The lowest BCUT2D eigenvalue weighted by atomic mass is 9.72. The molecule has 1 N–H and O–H groups in total. The monoisotopic (exact) mass is 467 g/mol. The number of hydrogen-bond donors (Lipinski definition) is 1. The number of carbonyl (C=O) groups is 1. The highest BCUT2D eigenvalue weighted by Gasteiger charge is 2.46. The summed E-state index contributed by atoms with van der Waals surface area (Å²) in [5, 5.41) is 8.86. The highest BCUT2D eigenvalue weighted by atomic mass is 19.1. The molecule has 3 nitrogen and oxygen atoms in total. The smallest absolute Gasteiger partial charge is 0.328 e. The molecule has 1 aliphatic heterocycles. The zero-order valence-corrected chi connectivity index (χ0v) is 19.3. The molecule has 3 aliphatic rings. The Labute approximate surface area is 197 Å². The first-order chi connectivity index (χ1) is 16.1. The highest BCUT2D eigenvalue weighted by Crippen LogP contribution is 2.51. The molecule has 178 valence electrons. The minimum Gasteiger partial charge on any atom is -0.478 e. The number of benzene rings is 2. The van der Waals surface area contributed by atoms with Crippen molar-refractivity contribution in [3.63, 3.8) is 0 Å². The molecule has 0 spiro atoms. The van der Waals surface area contributed by atoms with Crippen LogP contribution in [0.4, 0.5) is 13.2 Å². The van der Waals surface area contributed by atoms with Gasteiger partial charge in [-0.15, -0.1) is 0 Å². The van der Waals surface area contributed by atoms with Crippen LogP contribution in [0.1, 0.15) is 61.4 Å². The van der Waals surface area contributed by atoms with Gasteiger partial charge in [-0.2, -0.15) is 0 Å². The van der Waals surface area contributed by atoms with E-state index in [-0.39, 0.29) is 23.1 Å². The summed E-state index contributed by atoms with van der Waals surface area (Å²) in [6, 6.07) is 9.94. The van der Waals surface area contributed by atoms with Gasteiger partial charge in [-0.05, 0) is 91.5 Å². The van der Waals surface area contributed by atoms with Crippen molar-refractivity contribution in [2.45, 2.75) is 57.3 Å². The first-order valence-electron chi connectivity index (χ1n) is 11.8. The molecule has 0 radical (unpaired) electrons. The predicted molar refractivity (Wildman–Crippen MR) is 126 cm³/mol. The number of carboxylic acids is 1. The van der Waals surface area contributed by atoms with E-state index in [4.69, 9.17) is 5.11 Å². The van der Waals surface area contributed by atoms with Crippen LogP contribution in [0.15, 0.2) is 48.0 Å². The van der Waals surface area contributed by atoms with Crippen LogP contribution in [-0.2, 0) is 11.2 Å². The lowest BCUT2D eigenvalue weighted by Gasteiger charge is -2.48. The number of aliphatic carboxylic acids is 1. The third-order valence-electron chi connectivity index (χ3n) is 7.53. The summed E-state index contributed by atoms with van der Waals surface area (Å²) in [5.74, 6) is -2.42. The lowest BCUT2D eigenvalue weighted by Crippen LogP contribution is -2.49. The highest BCUT2D eigenvalue weighted by molar-refractivity contribution is 5.85. The molecule has 0 amide bonds. The summed E-state index contributed by atoms with van der Waals surface area (Å²) < 4.78 is 45.3. The molecule has 0 bridgehead atoms. The molecule has 1 heterocycles. The van der Waals surface area contributed by atoms with Gasteiger partial charge in [-0.1, -0.05) is 24.3 Å². The van der Waals surface area contributed by atoms with Crippen LogP contribution in [0.2, 0.25) is 0 Å². The molecular weight excluding hydrogens is 439 g/mol. The minimum atomic E-state index is -1.18. The van der Waals surface area contributed by atoms with E-state index in [2.05, 4.69) is 24.0 Å². The van der Waals surface area contributed by atoms with Gasteiger partial charge in [-0.3, -0.25) is 4.90 Å². The summed E-state index contributed by atoms with van der Waals surface area (Å²) in [6.45, 7) is 4.26. The Bertz CT molecular complexity index is 1180. The van der Waals surface area contributed by atoms with E-state index in [0.29, 0.717) is 25.8 Å². The third kappa shape index (κ3) is 4.09. The van der Waals surface area contributed by atoms with Crippen LogP contribution in [0.25, 0.3) is 11.6 Å². The Morgan fingerprint density at radius 1 is 1.21 bits per heavy atom. The molecule has 0 saturated heterocycles. The van der Waals surface area contributed by atoms with Crippen molar-refractivity contribution in [2.24, 2.45) is 5.92 Å². The Hall–Kier alpha value is -2.86. The SMILES string of the molecule is C[C@@H]1CC2=C(Cc3ccccc32)[C@@H](c2c(F)cc(/C=C/C(=O)O)cc2F)N1CC1CC(C)(F)C1. The van der Waals surface area contributed by atoms with Gasteiger partial charge in [0.1, 0.15) is 17.3 Å². The largest absolute Gasteiger partial charge is 0.478 e. The maximum Gasteiger partial charge on any atom is 0.328 e. The van der Waals surface area contributed by atoms with E-state index in [1.165, 1.54) is 18.2 Å². The van der Waals surface area contributed by atoms with Gasteiger partial charge >= 0.3 is 5.97 Å². The molecule has 2 aromatic carbocycles. The lowest BCUT2D eigenvalue weighted by molar-refractivity contribution is -0.131. The molecule has 6 heteroatoms. The fourth-order valence-electron chi connectivity index (χ4n) is 6.15. The first kappa shape index (κ1) is 22.9. The molecule has 5 rings (SSSR count). The van der Waals surface area contributed by atoms with E-state index in [1.54, 1.807) is 6.92 Å². The molecule has 34 heavy (non-hydrogen) atoms. The molecule has 0 aromatic heterocycles. The van der Waals surface area contributed by atoms with Crippen molar-refractivity contribution in [2.75, 3.05) is 6.54 Å². The number of alkyl halides is 1. The molecule has 0 unspecified atom stereocenters. The van der Waals surface area contributed by atoms with E-state index in [0.717, 1.165) is 34.8 Å². The maximum absolute atomic E-state index is 15.5. The molecule has 1 saturated carbocycles. The quantitative estimate of drug-likeness (QED) is 0.521. The standard InChI is InChI=1S/C28H28F3NO2/c1-16-9-21-20-6-4-3-5-19(20)12-22(21)27(32(16)15-18-13-28(2,31)14-18)26-23(29)10-17(11-24(26)30)7-8-25(33)34/h3-8,10-11,16,18,27H,9,12-15H2,1-2H3,(H,33,34)/b8-7+/t16-,18?,27+,28?/m1/s1. The summed E-state index contributed by atoms with van der Waals surface area (Å²) >= 11 is 0. The molecule has 2 aliphatic carbocycles. The average Bonchev–Trinajstić information content (AvgIpc) is 3.10. The maximum atomic E-state index is 15.5. The van der Waals surface area contributed by atoms with E-state index in [9.17, 15) is 9.18 Å². The molecule has 2 atom stereocenters. The topological polar surface area (TPSA) is 40.5 Å². The second kappa shape index (κ2) is 8.42. The van der Waals surface area contributed by atoms with Crippen LogP contribution in [0.3, 0.4) is 0 Å². The second-order valence-corrected chi connectivity index (χ2v) is 10.2. The number of carboxylic acid groups (broad SMARTS) is 1. The van der Waals surface area contributed by atoms with Gasteiger partial charge in [0, 0.05) is 24.2 Å². The van der Waals surface area contributed by atoms with Crippen molar-refractivity contribution in [3.05, 3.63) is 81.9 Å². The summed E-state index contributed by atoms with van der Waals surface area (Å²) in [5.41, 5.74) is 3.45. The Morgan fingerprint density at radius 3 is 2.53 bits per heavy atom. The van der Waals surface area contributed by atoms with Crippen molar-refractivity contribution in [3.8, 4) is 0 Å². The van der Waals surface area contributed by atoms with Crippen molar-refractivity contribution in [1.82, 2.24) is 4.90 Å². The first-order valence-corrected chi connectivity index (χ1v) is 11.8. The van der Waals surface area contributed by atoms with Crippen LogP contribution in [-0.4, -0.2) is 34.2 Å². The number of halogens is 3. The number of hydrogen-bond acceptors (Lipinski definition) is 2. The van der Waals surface area contributed by atoms with Crippen LogP contribution in [0, 0.1) is 17.6 Å².